The molecule has 1 atom stereocenters. The Morgan fingerprint density at radius 3 is 2.74 bits per heavy atom. The van der Waals surface area contributed by atoms with Crippen LogP contribution in [-0.4, -0.2) is 41.6 Å². The molecular weight excluding hydrogens is 296 g/mol. The summed E-state index contributed by atoms with van der Waals surface area (Å²) in [5.74, 6) is 0.940. The standard InChI is InChI=1S/C16H26N4O3/c1-10(2)15(21)17-8-13-6-5-7-20(9-13)16(22)18-14-11(3)19-23-12(14)4/h10,13H,5-9H2,1-4H3,(H,17,21)(H,18,22). The van der Waals surface area contributed by atoms with E-state index in [4.69, 9.17) is 4.52 Å². The third-order valence-electron chi connectivity index (χ3n) is 4.16. The number of amides is 3. The predicted molar refractivity (Wildman–Crippen MR) is 87.1 cm³/mol. The molecule has 1 aromatic rings. The molecule has 1 aliphatic heterocycles. The molecule has 2 rings (SSSR count). The Labute approximate surface area is 136 Å². The van der Waals surface area contributed by atoms with Crippen LogP contribution in [0.1, 0.15) is 38.1 Å². The largest absolute Gasteiger partial charge is 0.359 e. The highest BCUT2D eigenvalue weighted by Crippen LogP contribution is 2.21. The van der Waals surface area contributed by atoms with Crippen LogP contribution in [0.25, 0.3) is 0 Å². The maximum absolute atomic E-state index is 12.4. The summed E-state index contributed by atoms with van der Waals surface area (Å²) < 4.78 is 5.06. The molecular formula is C16H26N4O3. The molecule has 1 unspecified atom stereocenters. The van der Waals surface area contributed by atoms with Gasteiger partial charge in [-0.3, -0.25) is 4.79 Å². The molecule has 0 aromatic carbocycles. The zero-order valence-corrected chi connectivity index (χ0v) is 14.3. The van der Waals surface area contributed by atoms with E-state index in [1.807, 2.05) is 13.8 Å². The van der Waals surface area contributed by atoms with E-state index in [1.165, 1.54) is 0 Å². The van der Waals surface area contributed by atoms with Gasteiger partial charge in [-0.05, 0) is 32.6 Å². The smallest absolute Gasteiger partial charge is 0.322 e. The second-order valence-corrected chi connectivity index (χ2v) is 6.48. The van der Waals surface area contributed by atoms with Crippen molar-refractivity contribution in [3.63, 3.8) is 0 Å². The molecule has 2 N–H and O–H groups in total. The number of piperidine rings is 1. The van der Waals surface area contributed by atoms with Gasteiger partial charge in [0, 0.05) is 25.6 Å². The SMILES string of the molecule is Cc1noc(C)c1NC(=O)N1CCCC(CNC(=O)C(C)C)C1. The molecule has 128 valence electrons. The van der Waals surface area contributed by atoms with Crippen molar-refractivity contribution >= 4 is 17.6 Å². The minimum absolute atomic E-state index is 0.0162. The van der Waals surface area contributed by atoms with Gasteiger partial charge in [0.15, 0.2) is 5.76 Å². The van der Waals surface area contributed by atoms with Gasteiger partial charge in [0.1, 0.15) is 11.4 Å². The Bertz CT molecular complexity index is 548. The molecule has 7 heteroatoms. The first kappa shape index (κ1) is 17.3. The van der Waals surface area contributed by atoms with Crippen LogP contribution in [0.5, 0.6) is 0 Å². The molecule has 0 spiro atoms. The summed E-state index contributed by atoms with van der Waals surface area (Å²) >= 11 is 0. The molecule has 2 heterocycles. The molecule has 3 amide bonds. The van der Waals surface area contributed by atoms with Gasteiger partial charge in [0.05, 0.1) is 0 Å². The van der Waals surface area contributed by atoms with E-state index in [0.29, 0.717) is 36.1 Å². The highest BCUT2D eigenvalue weighted by atomic mass is 16.5. The van der Waals surface area contributed by atoms with Gasteiger partial charge in [0.2, 0.25) is 5.91 Å². The van der Waals surface area contributed by atoms with Crippen molar-refractivity contribution in [3.05, 3.63) is 11.5 Å². The summed E-state index contributed by atoms with van der Waals surface area (Å²) in [6.07, 6.45) is 1.96. The van der Waals surface area contributed by atoms with E-state index in [9.17, 15) is 9.59 Å². The second-order valence-electron chi connectivity index (χ2n) is 6.48. The number of nitrogens with zero attached hydrogens (tertiary/aromatic N) is 2. The van der Waals surface area contributed by atoms with Crippen molar-refractivity contribution in [3.8, 4) is 0 Å². The first-order chi connectivity index (χ1) is 10.9. The number of aromatic nitrogens is 1. The van der Waals surface area contributed by atoms with Gasteiger partial charge < -0.3 is 20.1 Å². The van der Waals surface area contributed by atoms with Gasteiger partial charge in [-0.2, -0.15) is 0 Å². The highest BCUT2D eigenvalue weighted by molar-refractivity contribution is 5.90. The highest BCUT2D eigenvalue weighted by Gasteiger charge is 2.25. The number of likely N-dealkylation sites (tertiary alicyclic amines) is 1. The molecule has 0 aliphatic carbocycles. The Balaban J connectivity index is 1.88. The average molecular weight is 322 g/mol. The lowest BCUT2D eigenvalue weighted by Crippen LogP contribution is -2.45. The number of carbonyl (C=O) groups excluding carboxylic acids is 2. The van der Waals surface area contributed by atoms with Crippen molar-refractivity contribution in [1.29, 1.82) is 0 Å². The van der Waals surface area contributed by atoms with Crippen LogP contribution >= 0.6 is 0 Å². The van der Waals surface area contributed by atoms with Gasteiger partial charge in [-0.1, -0.05) is 19.0 Å². The van der Waals surface area contributed by atoms with E-state index in [0.717, 1.165) is 19.4 Å². The monoisotopic (exact) mass is 322 g/mol. The number of hydrogen-bond donors (Lipinski definition) is 2. The fourth-order valence-corrected chi connectivity index (χ4v) is 2.71. The van der Waals surface area contributed by atoms with Gasteiger partial charge in [-0.15, -0.1) is 0 Å². The van der Waals surface area contributed by atoms with Crippen molar-refractivity contribution < 1.29 is 14.1 Å². The molecule has 1 saturated heterocycles. The summed E-state index contributed by atoms with van der Waals surface area (Å²) in [6, 6.07) is -0.140. The maximum atomic E-state index is 12.4. The number of nitrogens with one attached hydrogen (secondary N) is 2. The molecule has 1 aliphatic rings. The van der Waals surface area contributed by atoms with Crippen LogP contribution in [0.4, 0.5) is 10.5 Å². The molecule has 7 nitrogen and oxygen atoms in total. The first-order valence-electron chi connectivity index (χ1n) is 8.15. The molecule has 23 heavy (non-hydrogen) atoms. The summed E-state index contributed by atoms with van der Waals surface area (Å²) in [7, 11) is 0. The van der Waals surface area contributed by atoms with Crippen molar-refractivity contribution in [2.75, 3.05) is 25.0 Å². The van der Waals surface area contributed by atoms with Crippen molar-refractivity contribution in [1.82, 2.24) is 15.4 Å². The minimum Gasteiger partial charge on any atom is -0.359 e. The van der Waals surface area contributed by atoms with E-state index in [2.05, 4.69) is 15.8 Å². The number of carbonyl (C=O) groups is 2. The van der Waals surface area contributed by atoms with Crippen LogP contribution in [0.3, 0.4) is 0 Å². The van der Waals surface area contributed by atoms with E-state index in [1.54, 1.807) is 18.7 Å². The van der Waals surface area contributed by atoms with Crippen LogP contribution in [0.15, 0.2) is 4.52 Å². The predicted octanol–water partition coefficient (Wildman–Crippen LogP) is 2.31. The van der Waals surface area contributed by atoms with Crippen LogP contribution in [0.2, 0.25) is 0 Å². The van der Waals surface area contributed by atoms with Crippen molar-refractivity contribution in [2.24, 2.45) is 11.8 Å². The second kappa shape index (κ2) is 7.48. The van der Waals surface area contributed by atoms with E-state index < -0.39 is 0 Å². The fourth-order valence-electron chi connectivity index (χ4n) is 2.71. The summed E-state index contributed by atoms with van der Waals surface area (Å²) in [5, 5.41) is 9.67. The summed E-state index contributed by atoms with van der Waals surface area (Å²) in [5.41, 5.74) is 1.32. The topological polar surface area (TPSA) is 87.5 Å². The minimum atomic E-state index is -0.140. The average Bonchev–Trinajstić information content (AvgIpc) is 2.84. The third-order valence-corrected chi connectivity index (χ3v) is 4.16. The van der Waals surface area contributed by atoms with Gasteiger partial charge >= 0.3 is 6.03 Å². The van der Waals surface area contributed by atoms with Crippen LogP contribution < -0.4 is 10.6 Å². The molecule has 0 saturated carbocycles. The Hall–Kier alpha value is -2.05. The van der Waals surface area contributed by atoms with E-state index in [-0.39, 0.29) is 17.9 Å². The lowest BCUT2D eigenvalue weighted by atomic mass is 9.98. The molecule has 0 radical (unpaired) electrons. The quantitative estimate of drug-likeness (QED) is 0.890. The summed E-state index contributed by atoms with van der Waals surface area (Å²) in [4.78, 5) is 25.9. The van der Waals surface area contributed by atoms with Crippen LogP contribution in [0, 0.1) is 25.7 Å². The Morgan fingerprint density at radius 1 is 1.39 bits per heavy atom. The Kier molecular flexibility index (Phi) is 5.63. The summed E-state index contributed by atoms with van der Waals surface area (Å²) in [6.45, 7) is 9.31. The first-order valence-corrected chi connectivity index (χ1v) is 8.15. The Morgan fingerprint density at radius 2 is 2.13 bits per heavy atom. The zero-order valence-electron chi connectivity index (χ0n) is 14.3. The number of urea groups is 1. The number of hydrogen-bond acceptors (Lipinski definition) is 4. The lowest BCUT2D eigenvalue weighted by molar-refractivity contribution is -0.124. The third kappa shape index (κ3) is 4.46. The van der Waals surface area contributed by atoms with E-state index >= 15 is 0 Å². The van der Waals surface area contributed by atoms with Crippen LogP contribution in [-0.2, 0) is 4.79 Å². The maximum Gasteiger partial charge on any atom is 0.322 e. The molecule has 0 bridgehead atoms. The number of aryl methyl sites for hydroxylation is 2. The fraction of sp³-hybridized carbons (Fsp3) is 0.688. The van der Waals surface area contributed by atoms with Crippen molar-refractivity contribution in [2.45, 2.75) is 40.5 Å². The van der Waals surface area contributed by atoms with Gasteiger partial charge in [-0.25, -0.2) is 4.79 Å². The number of rotatable bonds is 4. The molecule has 1 fully saturated rings. The number of anilines is 1. The normalized spacial score (nSPS) is 18.1. The molecule has 1 aromatic heterocycles. The van der Waals surface area contributed by atoms with Gasteiger partial charge in [0.25, 0.3) is 0 Å². The zero-order chi connectivity index (χ0) is 17.0. The lowest BCUT2D eigenvalue weighted by Gasteiger charge is -2.33.